The minimum absolute atomic E-state index is 0.0981. The van der Waals surface area contributed by atoms with Crippen LogP contribution in [0.25, 0.3) is 0 Å². The molecule has 11 heteroatoms. The molecule has 0 radical (unpaired) electrons. The minimum atomic E-state index is -0.717. The number of carbonyl (C=O) groups is 2. The summed E-state index contributed by atoms with van der Waals surface area (Å²) in [6.45, 7) is 5.21. The third kappa shape index (κ3) is 8.61. The van der Waals surface area contributed by atoms with Crippen molar-refractivity contribution in [1.29, 1.82) is 0 Å². The Morgan fingerprint density at radius 1 is 1.07 bits per heavy atom. The van der Waals surface area contributed by atoms with Crippen molar-refractivity contribution in [2.75, 3.05) is 19.8 Å². The quantitative estimate of drug-likeness (QED) is 0.344. The van der Waals surface area contributed by atoms with Crippen LogP contribution >= 0.6 is 0 Å². The van der Waals surface area contributed by atoms with Crippen LogP contribution in [-0.2, 0) is 27.1 Å². The summed E-state index contributed by atoms with van der Waals surface area (Å²) in [5, 5.41) is 9.74. The fourth-order valence-electron chi connectivity index (χ4n) is 5.15. The van der Waals surface area contributed by atoms with Gasteiger partial charge in [0.15, 0.2) is 0 Å². The molecule has 43 heavy (non-hydrogen) atoms. The highest BCUT2D eigenvalue weighted by atomic mass is 19.1. The first-order chi connectivity index (χ1) is 20.4. The van der Waals surface area contributed by atoms with Crippen molar-refractivity contribution < 1.29 is 37.3 Å². The van der Waals surface area contributed by atoms with Crippen LogP contribution in [0, 0.1) is 17.5 Å². The first kappa shape index (κ1) is 32.1. The van der Waals surface area contributed by atoms with E-state index in [2.05, 4.69) is 9.97 Å². The maximum Gasteiger partial charge on any atom is 0.410 e. The van der Waals surface area contributed by atoms with Crippen LogP contribution in [0.3, 0.4) is 0 Å². The average Bonchev–Trinajstić information content (AvgIpc) is 2.95. The summed E-state index contributed by atoms with van der Waals surface area (Å²) in [7, 11) is 0. The molecule has 1 fully saturated rings. The molecule has 0 unspecified atom stereocenters. The summed E-state index contributed by atoms with van der Waals surface area (Å²) >= 11 is 0. The molecule has 1 aliphatic heterocycles. The highest BCUT2D eigenvalue weighted by Gasteiger charge is 2.35. The van der Waals surface area contributed by atoms with E-state index in [4.69, 9.17) is 9.47 Å². The van der Waals surface area contributed by atoms with Gasteiger partial charge in [-0.15, -0.1) is 0 Å². The summed E-state index contributed by atoms with van der Waals surface area (Å²) in [6.07, 6.45) is 4.26. The van der Waals surface area contributed by atoms with Gasteiger partial charge in [-0.1, -0.05) is 12.1 Å². The highest BCUT2D eigenvalue weighted by molar-refractivity contribution is 5.82. The average molecular weight is 600 g/mol. The monoisotopic (exact) mass is 599 g/mol. The number of carbonyl (C=O) groups excluding carboxylic acids is 2. The number of rotatable bonds is 10. The minimum Gasteiger partial charge on any atom is -0.444 e. The molecular weight excluding hydrogens is 563 g/mol. The number of hydrogen-bond acceptors (Lipinski definition) is 7. The van der Waals surface area contributed by atoms with Crippen molar-refractivity contribution >= 4 is 11.9 Å². The van der Waals surface area contributed by atoms with E-state index in [0.29, 0.717) is 23.1 Å². The number of Topliss-reactive ketones (excluding diaryl/α,β-unsaturated/α-hetero) is 1. The Hall–Kier alpha value is -3.83. The van der Waals surface area contributed by atoms with Crippen molar-refractivity contribution in [3.05, 3.63) is 94.8 Å². The number of nitrogens with zero attached hydrogens (tertiary/aromatic N) is 3. The summed E-state index contributed by atoms with van der Waals surface area (Å²) in [5.41, 5.74) is 0.783. The lowest BCUT2D eigenvalue weighted by Gasteiger charge is -2.39. The van der Waals surface area contributed by atoms with E-state index in [1.54, 1.807) is 20.8 Å². The van der Waals surface area contributed by atoms with E-state index in [1.807, 2.05) is 0 Å². The summed E-state index contributed by atoms with van der Waals surface area (Å²) in [5.74, 6) is -2.60. The van der Waals surface area contributed by atoms with Crippen molar-refractivity contribution in [3.63, 3.8) is 0 Å². The fourth-order valence-corrected chi connectivity index (χ4v) is 5.15. The number of amides is 1. The summed E-state index contributed by atoms with van der Waals surface area (Å²) < 4.78 is 54.7. The van der Waals surface area contributed by atoms with E-state index in [9.17, 15) is 23.5 Å². The van der Waals surface area contributed by atoms with Gasteiger partial charge in [-0.3, -0.25) is 19.7 Å². The number of aliphatic hydroxyl groups is 1. The molecule has 0 spiro atoms. The van der Waals surface area contributed by atoms with Gasteiger partial charge >= 0.3 is 6.09 Å². The Kier molecular flexibility index (Phi) is 10.5. The van der Waals surface area contributed by atoms with Gasteiger partial charge in [0.05, 0.1) is 44.3 Å². The number of ether oxygens (including phenoxy) is 2. The third-order valence-electron chi connectivity index (χ3n) is 7.29. The van der Waals surface area contributed by atoms with Crippen molar-refractivity contribution in [2.45, 2.75) is 70.1 Å². The molecule has 230 valence electrons. The van der Waals surface area contributed by atoms with Gasteiger partial charge < -0.3 is 14.6 Å². The molecule has 3 aromatic rings. The van der Waals surface area contributed by atoms with Gasteiger partial charge in [-0.05, 0) is 74.1 Å². The molecule has 3 heterocycles. The van der Waals surface area contributed by atoms with Crippen molar-refractivity contribution in [2.24, 2.45) is 0 Å². The van der Waals surface area contributed by atoms with Crippen LogP contribution in [0.1, 0.15) is 61.8 Å². The van der Waals surface area contributed by atoms with Gasteiger partial charge in [-0.2, -0.15) is 0 Å². The number of hydrogen-bond donors (Lipinski definition) is 1. The van der Waals surface area contributed by atoms with Crippen molar-refractivity contribution in [3.8, 4) is 0 Å². The maximum absolute atomic E-state index is 15.0. The van der Waals surface area contributed by atoms with Crippen molar-refractivity contribution in [1.82, 2.24) is 14.9 Å². The molecule has 1 saturated heterocycles. The molecule has 2 aromatic heterocycles. The molecule has 4 rings (SSSR count). The number of benzene rings is 1. The predicted octanol–water partition coefficient (Wildman–Crippen LogP) is 5.16. The van der Waals surface area contributed by atoms with Gasteiger partial charge in [0.1, 0.15) is 28.8 Å². The molecular formula is C32H36F3N3O5. The smallest absolute Gasteiger partial charge is 0.410 e. The normalized spacial score (nSPS) is 17.9. The Morgan fingerprint density at radius 2 is 1.79 bits per heavy atom. The van der Waals surface area contributed by atoms with Gasteiger partial charge in [0, 0.05) is 31.2 Å². The molecule has 0 saturated carbocycles. The van der Waals surface area contributed by atoms with Gasteiger partial charge in [-0.25, -0.2) is 18.0 Å². The SMILES string of the molecule is CC(C)(C)OC(=O)N1C[C@@H](CCc2c(F)cncc2CC(=O)C[C@@H](c2ccc(F)cc2)c2ccncc2F)OC[C@H]1CO. The molecule has 1 aliphatic rings. The Balaban J connectivity index is 1.47. The largest absolute Gasteiger partial charge is 0.444 e. The topological polar surface area (TPSA) is 102 Å². The number of aliphatic hydroxyl groups excluding tert-OH is 1. The number of pyridine rings is 2. The van der Waals surface area contributed by atoms with E-state index in [-0.39, 0.29) is 50.4 Å². The summed E-state index contributed by atoms with van der Waals surface area (Å²) in [4.78, 5) is 35.2. The second-order valence-corrected chi connectivity index (χ2v) is 11.6. The van der Waals surface area contributed by atoms with E-state index >= 15 is 4.39 Å². The Morgan fingerprint density at radius 3 is 2.47 bits per heavy atom. The number of halogens is 3. The fraction of sp³-hybridized carbons (Fsp3) is 0.438. The van der Waals surface area contributed by atoms with Crippen LogP contribution < -0.4 is 0 Å². The zero-order chi connectivity index (χ0) is 31.1. The lowest BCUT2D eigenvalue weighted by molar-refractivity contribution is -0.118. The molecule has 0 aliphatic carbocycles. The second kappa shape index (κ2) is 14.1. The standard InChI is InChI=1S/C32H36F3N3O5/c1-32(2,3)43-31(41)38-17-25(42-19-23(38)18-39)8-9-26-21(14-37-16-29(26)34)12-24(40)13-28(20-4-6-22(33)7-5-20)27-10-11-36-15-30(27)35/h4-7,10-11,14-16,23,25,28,39H,8-9,12-13,17-19H2,1-3H3/t23-,25-,28+/m1/s1. The number of aromatic nitrogens is 2. The first-order valence-electron chi connectivity index (χ1n) is 14.1. The Labute approximate surface area is 248 Å². The second-order valence-electron chi connectivity index (χ2n) is 11.6. The van der Waals surface area contributed by atoms with Crippen LogP contribution in [0.15, 0.2) is 55.1 Å². The zero-order valence-electron chi connectivity index (χ0n) is 24.4. The van der Waals surface area contributed by atoms with Crippen LogP contribution in [0.2, 0.25) is 0 Å². The number of ketones is 1. The number of morpholine rings is 1. The predicted molar refractivity (Wildman–Crippen MR) is 152 cm³/mol. The van der Waals surface area contributed by atoms with Crippen LogP contribution in [0.4, 0.5) is 18.0 Å². The molecule has 1 N–H and O–H groups in total. The summed E-state index contributed by atoms with van der Waals surface area (Å²) in [6, 6.07) is 6.44. The molecule has 3 atom stereocenters. The zero-order valence-corrected chi connectivity index (χ0v) is 24.4. The maximum atomic E-state index is 15.0. The van der Waals surface area contributed by atoms with E-state index < -0.39 is 47.2 Å². The van der Waals surface area contributed by atoms with Crippen LogP contribution in [-0.4, -0.2) is 69.4 Å². The first-order valence-corrected chi connectivity index (χ1v) is 14.1. The van der Waals surface area contributed by atoms with E-state index in [0.717, 1.165) is 12.4 Å². The van der Waals surface area contributed by atoms with Gasteiger partial charge in [0.25, 0.3) is 0 Å². The lowest BCUT2D eigenvalue weighted by Crippen LogP contribution is -2.55. The highest BCUT2D eigenvalue weighted by Crippen LogP contribution is 2.31. The van der Waals surface area contributed by atoms with E-state index in [1.165, 1.54) is 47.6 Å². The van der Waals surface area contributed by atoms with Gasteiger partial charge in [0.2, 0.25) is 0 Å². The molecule has 1 aromatic carbocycles. The van der Waals surface area contributed by atoms with Crippen LogP contribution in [0.5, 0.6) is 0 Å². The molecule has 1 amide bonds. The molecule has 0 bridgehead atoms. The Bertz CT molecular complexity index is 1410. The third-order valence-corrected chi connectivity index (χ3v) is 7.29. The molecule has 8 nitrogen and oxygen atoms in total. The lowest BCUT2D eigenvalue weighted by atomic mass is 9.85.